The Morgan fingerprint density at radius 1 is 1.12 bits per heavy atom. The first-order chi connectivity index (χ1) is 8.15. The summed E-state index contributed by atoms with van der Waals surface area (Å²) in [5.74, 6) is -1.04. The quantitative estimate of drug-likeness (QED) is 0.757. The summed E-state index contributed by atoms with van der Waals surface area (Å²) < 4.78 is 27.3. The van der Waals surface area contributed by atoms with Gasteiger partial charge in [-0.3, -0.25) is 0 Å². The van der Waals surface area contributed by atoms with E-state index in [1.54, 1.807) is 0 Å². The van der Waals surface area contributed by atoms with E-state index < -0.39 is 11.6 Å². The Bertz CT molecular complexity index is 335. The summed E-state index contributed by atoms with van der Waals surface area (Å²) in [5, 5.41) is 6.21. The molecule has 0 saturated carbocycles. The Morgan fingerprint density at radius 3 is 2.29 bits per heavy atom. The minimum atomic E-state index is -0.518. The molecule has 2 N–H and O–H groups in total. The van der Waals surface area contributed by atoms with E-state index in [9.17, 15) is 8.78 Å². The van der Waals surface area contributed by atoms with E-state index in [4.69, 9.17) is 0 Å². The van der Waals surface area contributed by atoms with Gasteiger partial charge in [0.15, 0.2) is 0 Å². The van der Waals surface area contributed by atoms with Gasteiger partial charge in [-0.25, -0.2) is 8.78 Å². The van der Waals surface area contributed by atoms with Gasteiger partial charge in [0.05, 0.1) is 0 Å². The molecular weight excluding hydrogens is 290 g/mol. The molecule has 0 atom stereocenters. The van der Waals surface area contributed by atoms with Crippen molar-refractivity contribution in [2.75, 3.05) is 19.6 Å². The second-order valence-corrected chi connectivity index (χ2v) is 4.65. The highest BCUT2D eigenvalue weighted by molar-refractivity contribution is 9.10. The van der Waals surface area contributed by atoms with Crippen molar-refractivity contribution in [3.63, 3.8) is 0 Å². The van der Waals surface area contributed by atoms with Crippen LogP contribution in [0.25, 0.3) is 0 Å². The van der Waals surface area contributed by atoms with Crippen molar-refractivity contribution in [2.45, 2.75) is 19.9 Å². The second-order valence-electron chi connectivity index (χ2n) is 3.73. The fraction of sp³-hybridized carbons (Fsp3) is 0.500. The SMILES string of the molecule is CCNCCCNCc1c(F)cc(Br)cc1F. The lowest BCUT2D eigenvalue weighted by Crippen LogP contribution is -2.22. The summed E-state index contributed by atoms with van der Waals surface area (Å²) in [4.78, 5) is 0. The molecule has 0 saturated heterocycles. The molecule has 0 amide bonds. The summed E-state index contributed by atoms with van der Waals surface area (Å²) in [6.07, 6.45) is 0.938. The van der Waals surface area contributed by atoms with Gasteiger partial charge in [-0.15, -0.1) is 0 Å². The smallest absolute Gasteiger partial charge is 0.131 e. The summed E-state index contributed by atoms with van der Waals surface area (Å²) in [6, 6.07) is 2.55. The van der Waals surface area contributed by atoms with Crippen molar-refractivity contribution in [1.29, 1.82) is 0 Å². The fourth-order valence-electron chi connectivity index (χ4n) is 1.47. The number of benzene rings is 1. The van der Waals surface area contributed by atoms with Crippen LogP contribution in [0.5, 0.6) is 0 Å². The normalized spacial score (nSPS) is 10.8. The number of halogens is 3. The molecule has 0 aliphatic heterocycles. The summed E-state index contributed by atoms with van der Waals surface area (Å²) >= 11 is 3.05. The van der Waals surface area contributed by atoms with Crippen LogP contribution in [0.4, 0.5) is 8.78 Å². The molecule has 0 aliphatic rings. The van der Waals surface area contributed by atoms with Gasteiger partial charge >= 0.3 is 0 Å². The Kier molecular flexibility index (Phi) is 6.62. The van der Waals surface area contributed by atoms with Crippen molar-refractivity contribution in [2.24, 2.45) is 0 Å². The van der Waals surface area contributed by atoms with E-state index in [0.717, 1.165) is 26.1 Å². The molecule has 0 unspecified atom stereocenters. The van der Waals surface area contributed by atoms with E-state index in [2.05, 4.69) is 26.6 Å². The lowest BCUT2D eigenvalue weighted by atomic mass is 10.2. The van der Waals surface area contributed by atoms with E-state index >= 15 is 0 Å². The fourth-order valence-corrected chi connectivity index (χ4v) is 1.87. The molecule has 96 valence electrons. The van der Waals surface area contributed by atoms with E-state index in [1.165, 1.54) is 12.1 Å². The molecule has 17 heavy (non-hydrogen) atoms. The topological polar surface area (TPSA) is 24.1 Å². The third-order valence-corrected chi connectivity index (χ3v) is 2.82. The standard InChI is InChI=1S/C12H17BrF2N2/c1-2-16-4-3-5-17-8-10-11(14)6-9(13)7-12(10)15/h6-7,16-17H,2-5,8H2,1H3. The van der Waals surface area contributed by atoms with Crippen LogP contribution >= 0.6 is 15.9 Å². The first-order valence-corrected chi connectivity index (χ1v) is 6.49. The molecule has 0 aliphatic carbocycles. The number of rotatable bonds is 7. The maximum atomic E-state index is 13.4. The number of hydrogen-bond acceptors (Lipinski definition) is 2. The van der Waals surface area contributed by atoms with Gasteiger partial charge in [0.1, 0.15) is 11.6 Å². The highest BCUT2D eigenvalue weighted by Gasteiger charge is 2.09. The first-order valence-electron chi connectivity index (χ1n) is 5.70. The lowest BCUT2D eigenvalue weighted by molar-refractivity contribution is 0.528. The minimum absolute atomic E-state index is 0.0941. The van der Waals surface area contributed by atoms with E-state index in [1.807, 2.05) is 6.92 Å². The Labute approximate surface area is 109 Å². The van der Waals surface area contributed by atoms with Crippen molar-refractivity contribution >= 4 is 15.9 Å². The van der Waals surface area contributed by atoms with Crippen LogP contribution in [-0.2, 0) is 6.54 Å². The van der Waals surface area contributed by atoms with Gasteiger partial charge in [-0.1, -0.05) is 22.9 Å². The number of hydrogen-bond donors (Lipinski definition) is 2. The van der Waals surface area contributed by atoms with Crippen LogP contribution in [0.15, 0.2) is 16.6 Å². The molecule has 1 aromatic rings. The molecule has 2 nitrogen and oxygen atoms in total. The van der Waals surface area contributed by atoms with Crippen molar-refractivity contribution < 1.29 is 8.78 Å². The zero-order valence-corrected chi connectivity index (χ0v) is 11.4. The summed E-state index contributed by atoms with van der Waals surface area (Å²) in [5.41, 5.74) is 0.0941. The summed E-state index contributed by atoms with van der Waals surface area (Å²) in [6.45, 7) is 4.85. The molecule has 5 heteroatoms. The first kappa shape index (κ1) is 14.5. The van der Waals surface area contributed by atoms with Crippen molar-refractivity contribution in [3.8, 4) is 0 Å². The Morgan fingerprint density at radius 2 is 1.71 bits per heavy atom. The molecule has 0 heterocycles. The minimum Gasteiger partial charge on any atom is -0.317 e. The van der Waals surface area contributed by atoms with Crippen LogP contribution in [0.2, 0.25) is 0 Å². The van der Waals surface area contributed by atoms with Crippen LogP contribution in [-0.4, -0.2) is 19.6 Å². The molecule has 0 spiro atoms. The van der Waals surface area contributed by atoms with Gasteiger partial charge in [-0.05, 0) is 38.2 Å². The van der Waals surface area contributed by atoms with Crippen molar-refractivity contribution in [1.82, 2.24) is 10.6 Å². The highest BCUT2D eigenvalue weighted by atomic mass is 79.9. The highest BCUT2D eigenvalue weighted by Crippen LogP contribution is 2.19. The van der Waals surface area contributed by atoms with Gasteiger partial charge in [0.2, 0.25) is 0 Å². The average Bonchev–Trinajstić information content (AvgIpc) is 2.26. The molecule has 0 bridgehead atoms. The third kappa shape index (κ3) is 5.10. The van der Waals surface area contributed by atoms with E-state index in [-0.39, 0.29) is 12.1 Å². The monoisotopic (exact) mass is 306 g/mol. The van der Waals surface area contributed by atoms with Gasteiger partial charge in [-0.2, -0.15) is 0 Å². The van der Waals surface area contributed by atoms with Crippen LogP contribution in [0.1, 0.15) is 18.9 Å². The molecule has 1 aromatic carbocycles. The molecule has 0 radical (unpaired) electrons. The molecule has 1 rings (SSSR count). The molecular formula is C12H17BrF2N2. The maximum absolute atomic E-state index is 13.4. The van der Waals surface area contributed by atoms with Crippen molar-refractivity contribution in [3.05, 3.63) is 33.8 Å². The predicted octanol–water partition coefficient (Wildman–Crippen LogP) is 2.82. The average molecular weight is 307 g/mol. The van der Waals surface area contributed by atoms with Crippen LogP contribution in [0.3, 0.4) is 0 Å². The zero-order chi connectivity index (χ0) is 12.7. The van der Waals surface area contributed by atoms with Crippen LogP contribution in [0, 0.1) is 11.6 Å². The number of nitrogens with one attached hydrogen (secondary N) is 2. The van der Waals surface area contributed by atoms with Gasteiger partial charge in [0.25, 0.3) is 0 Å². The van der Waals surface area contributed by atoms with E-state index in [0.29, 0.717) is 4.47 Å². The predicted molar refractivity (Wildman–Crippen MR) is 68.9 cm³/mol. The molecule has 0 aromatic heterocycles. The summed E-state index contributed by atoms with van der Waals surface area (Å²) in [7, 11) is 0. The van der Waals surface area contributed by atoms with Gasteiger partial charge in [0, 0.05) is 16.6 Å². The zero-order valence-electron chi connectivity index (χ0n) is 9.82. The Balaban J connectivity index is 2.36. The second kappa shape index (κ2) is 7.74. The van der Waals surface area contributed by atoms with Gasteiger partial charge < -0.3 is 10.6 Å². The lowest BCUT2D eigenvalue weighted by Gasteiger charge is -2.08. The largest absolute Gasteiger partial charge is 0.317 e. The maximum Gasteiger partial charge on any atom is 0.131 e. The Hall–Kier alpha value is -0.520. The molecule has 0 fully saturated rings. The van der Waals surface area contributed by atoms with Crippen LogP contribution < -0.4 is 10.6 Å². The third-order valence-electron chi connectivity index (χ3n) is 2.36.